The summed E-state index contributed by atoms with van der Waals surface area (Å²) in [5.74, 6) is 0.955. The molecule has 0 saturated carbocycles. The van der Waals surface area contributed by atoms with E-state index < -0.39 is 0 Å². The molecule has 0 atom stereocenters. The van der Waals surface area contributed by atoms with Crippen LogP contribution in [-0.4, -0.2) is 28.4 Å². The van der Waals surface area contributed by atoms with Crippen molar-refractivity contribution in [1.29, 1.82) is 0 Å². The number of imidazole rings is 1. The molecule has 24 heavy (non-hydrogen) atoms. The molecule has 0 radical (unpaired) electrons. The Hall–Kier alpha value is -1.36. The van der Waals surface area contributed by atoms with Crippen LogP contribution in [0.5, 0.6) is 0 Å². The Labute approximate surface area is 155 Å². The van der Waals surface area contributed by atoms with Crippen LogP contribution < -0.4 is 5.32 Å². The van der Waals surface area contributed by atoms with Gasteiger partial charge in [0.2, 0.25) is 5.78 Å². The highest BCUT2D eigenvalue weighted by Gasteiger charge is 2.25. The SMILES string of the molecule is Cc1cccc(CCn2ccnc2C(=O)C2CCNCC2)c1.Cl.Cl. The molecule has 0 spiro atoms. The summed E-state index contributed by atoms with van der Waals surface area (Å²) < 4.78 is 2.01. The van der Waals surface area contributed by atoms with Gasteiger partial charge in [0.15, 0.2) is 5.82 Å². The molecule has 0 unspecified atom stereocenters. The van der Waals surface area contributed by atoms with E-state index in [4.69, 9.17) is 0 Å². The van der Waals surface area contributed by atoms with Crippen LogP contribution in [0.3, 0.4) is 0 Å². The van der Waals surface area contributed by atoms with Gasteiger partial charge in [-0.15, -0.1) is 24.8 Å². The number of ketones is 1. The van der Waals surface area contributed by atoms with Crippen molar-refractivity contribution in [1.82, 2.24) is 14.9 Å². The van der Waals surface area contributed by atoms with E-state index in [0.29, 0.717) is 5.82 Å². The third kappa shape index (κ3) is 5.07. The molecular weight excluding hydrogens is 345 g/mol. The number of aromatic nitrogens is 2. The number of halogens is 2. The molecule has 2 heterocycles. The maximum atomic E-state index is 12.6. The number of carbonyl (C=O) groups excluding carboxylic acids is 1. The maximum Gasteiger partial charge on any atom is 0.201 e. The minimum absolute atomic E-state index is 0. The first-order valence-electron chi connectivity index (χ1n) is 8.05. The van der Waals surface area contributed by atoms with Gasteiger partial charge in [0.1, 0.15) is 0 Å². The molecule has 0 aliphatic carbocycles. The van der Waals surface area contributed by atoms with Crippen LogP contribution >= 0.6 is 24.8 Å². The first-order chi connectivity index (χ1) is 10.7. The highest BCUT2D eigenvalue weighted by molar-refractivity contribution is 5.94. The zero-order valence-corrected chi connectivity index (χ0v) is 15.5. The molecule has 1 aromatic heterocycles. The fraction of sp³-hybridized carbons (Fsp3) is 0.444. The molecule has 1 aromatic carbocycles. The number of nitrogens with zero attached hydrogens (tertiary/aromatic N) is 2. The van der Waals surface area contributed by atoms with Gasteiger partial charge in [-0.2, -0.15) is 0 Å². The van der Waals surface area contributed by atoms with Crippen LogP contribution in [0.4, 0.5) is 0 Å². The topological polar surface area (TPSA) is 46.9 Å². The second-order valence-corrected chi connectivity index (χ2v) is 6.07. The number of piperidine rings is 1. The smallest absolute Gasteiger partial charge is 0.201 e. The Morgan fingerprint density at radius 1 is 1.29 bits per heavy atom. The molecule has 1 N–H and O–H groups in total. The zero-order chi connectivity index (χ0) is 15.4. The van der Waals surface area contributed by atoms with Gasteiger partial charge in [0.25, 0.3) is 0 Å². The number of carbonyl (C=O) groups is 1. The van der Waals surface area contributed by atoms with Crippen LogP contribution in [0.2, 0.25) is 0 Å². The Morgan fingerprint density at radius 3 is 2.75 bits per heavy atom. The highest BCUT2D eigenvalue weighted by atomic mass is 35.5. The lowest BCUT2D eigenvalue weighted by Gasteiger charge is -2.21. The monoisotopic (exact) mass is 369 g/mol. The number of hydrogen-bond donors (Lipinski definition) is 1. The summed E-state index contributed by atoms with van der Waals surface area (Å²) in [6.45, 7) is 4.77. The van der Waals surface area contributed by atoms with E-state index in [2.05, 4.69) is 41.5 Å². The second-order valence-electron chi connectivity index (χ2n) is 6.07. The van der Waals surface area contributed by atoms with Crippen molar-refractivity contribution in [2.75, 3.05) is 13.1 Å². The van der Waals surface area contributed by atoms with E-state index in [0.717, 1.165) is 38.9 Å². The summed E-state index contributed by atoms with van der Waals surface area (Å²) in [4.78, 5) is 17.0. The third-order valence-corrected chi connectivity index (χ3v) is 4.37. The quantitative estimate of drug-likeness (QED) is 0.820. The molecule has 3 rings (SSSR count). The number of hydrogen-bond acceptors (Lipinski definition) is 3. The summed E-state index contributed by atoms with van der Waals surface area (Å²) >= 11 is 0. The van der Waals surface area contributed by atoms with Crippen molar-refractivity contribution >= 4 is 30.6 Å². The summed E-state index contributed by atoms with van der Waals surface area (Å²) in [6, 6.07) is 8.52. The van der Waals surface area contributed by atoms with E-state index in [1.165, 1.54) is 11.1 Å². The van der Waals surface area contributed by atoms with E-state index in [1.54, 1.807) is 6.20 Å². The number of nitrogens with one attached hydrogen (secondary N) is 1. The lowest BCUT2D eigenvalue weighted by Crippen LogP contribution is -2.33. The molecule has 0 amide bonds. The normalized spacial score (nSPS) is 14.5. The van der Waals surface area contributed by atoms with Gasteiger partial charge in [0, 0.05) is 24.9 Å². The average Bonchev–Trinajstić information content (AvgIpc) is 3.01. The summed E-state index contributed by atoms with van der Waals surface area (Å²) in [6.07, 6.45) is 6.42. The lowest BCUT2D eigenvalue weighted by molar-refractivity contribution is 0.0879. The largest absolute Gasteiger partial charge is 0.328 e. The molecule has 1 aliphatic heterocycles. The lowest BCUT2D eigenvalue weighted by atomic mass is 9.93. The molecule has 4 nitrogen and oxygen atoms in total. The fourth-order valence-electron chi connectivity index (χ4n) is 3.10. The van der Waals surface area contributed by atoms with E-state index in [-0.39, 0.29) is 36.5 Å². The van der Waals surface area contributed by atoms with Gasteiger partial charge in [0.05, 0.1) is 0 Å². The van der Waals surface area contributed by atoms with E-state index >= 15 is 0 Å². The minimum atomic E-state index is 0. The summed E-state index contributed by atoms with van der Waals surface area (Å²) in [7, 11) is 0. The van der Waals surface area contributed by atoms with Crippen molar-refractivity contribution in [2.24, 2.45) is 5.92 Å². The first-order valence-corrected chi connectivity index (χ1v) is 8.05. The van der Waals surface area contributed by atoms with Gasteiger partial charge in [-0.1, -0.05) is 29.8 Å². The number of rotatable bonds is 5. The van der Waals surface area contributed by atoms with E-state index in [1.807, 2.05) is 10.8 Å². The second kappa shape index (κ2) is 9.82. The standard InChI is InChI=1S/C18H23N3O.2ClH/c1-14-3-2-4-15(13-14)7-11-21-12-10-20-18(21)17(22)16-5-8-19-9-6-16;;/h2-4,10,12-13,16,19H,5-9,11H2,1H3;2*1H. The first kappa shape index (κ1) is 20.7. The Morgan fingerprint density at radius 2 is 2.04 bits per heavy atom. The van der Waals surface area contributed by atoms with Crippen LogP contribution in [-0.2, 0) is 13.0 Å². The van der Waals surface area contributed by atoms with Crippen molar-refractivity contribution in [3.8, 4) is 0 Å². The average molecular weight is 370 g/mol. The number of benzene rings is 1. The highest BCUT2D eigenvalue weighted by Crippen LogP contribution is 2.17. The van der Waals surface area contributed by atoms with Crippen LogP contribution in [0.15, 0.2) is 36.7 Å². The van der Waals surface area contributed by atoms with Crippen molar-refractivity contribution in [2.45, 2.75) is 32.7 Å². The molecule has 132 valence electrons. The van der Waals surface area contributed by atoms with Gasteiger partial charge >= 0.3 is 0 Å². The molecule has 6 heteroatoms. The van der Waals surface area contributed by atoms with E-state index in [9.17, 15) is 4.79 Å². The summed E-state index contributed by atoms with van der Waals surface area (Å²) in [5.41, 5.74) is 2.57. The summed E-state index contributed by atoms with van der Waals surface area (Å²) in [5, 5.41) is 3.30. The molecule has 1 aliphatic rings. The Balaban J connectivity index is 0.00000144. The minimum Gasteiger partial charge on any atom is -0.328 e. The molecule has 1 fully saturated rings. The van der Waals surface area contributed by atoms with Gasteiger partial charge in [-0.05, 0) is 44.8 Å². The Bertz CT molecular complexity index is 651. The van der Waals surface area contributed by atoms with Crippen LogP contribution in [0.1, 0.15) is 34.6 Å². The molecule has 1 saturated heterocycles. The predicted molar refractivity (Wildman–Crippen MR) is 102 cm³/mol. The zero-order valence-electron chi connectivity index (χ0n) is 13.9. The molecular formula is C18H25Cl2N3O. The molecule has 0 bridgehead atoms. The maximum absolute atomic E-state index is 12.6. The number of Topliss-reactive ketones (excluding diaryl/α,β-unsaturated/α-hetero) is 1. The van der Waals surface area contributed by atoms with Gasteiger partial charge < -0.3 is 9.88 Å². The predicted octanol–water partition coefficient (Wildman–Crippen LogP) is 3.46. The van der Waals surface area contributed by atoms with Crippen molar-refractivity contribution in [3.05, 3.63) is 53.6 Å². The molecule has 2 aromatic rings. The van der Waals surface area contributed by atoms with Crippen LogP contribution in [0.25, 0.3) is 0 Å². The Kier molecular flexibility index (Phi) is 8.46. The van der Waals surface area contributed by atoms with Crippen LogP contribution in [0, 0.1) is 12.8 Å². The van der Waals surface area contributed by atoms with Crippen molar-refractivity contribution in [3.63, 3.8) is 0 Å². The van der Waals surface area contributed by atoms with Gasteiger partial charge in [-0.3, -0.25) is 4.79 Å². The number of aryl methyl sites for hydroxylation is 3. The fourth-order valence-corrected chi connectivity index (χ4v) is 3.10. The van der Waals surface area contributed by atoms with Gasteiger partial charge in [-0.25, -0.2) is 4.98 Å². The van der Waals surface area contributed by atoms with Crippen molar-refractivity contribution < 1.29 is 4.79 Å². The third-order valence-electron chi connectivity index (χ3n) is 4.37.